The summed E-state index contributed by atoms with van der Waals surface area (Å²) in [6.07, 6.45) is 0. The van der Waals surface area contributed by atoms with E-state index < -0.39 is 11.9 Å². The smallest absolute Gasteiger partial charge is 0.318 e. The van der Waals surface area contributed by atoms with Crippen molar-refractivity contribution in [1.29, 1.82) is 0 Å². The molecule has 5 nitrogen and oxygen atoms in total. The highest BCUT2D eigenvalue weighted by atomic mass is 16.2. The van der Waals surface area contributed by atoms with Gasteiger partial charge < -0.3 is 16.0 Å². The summed E-state index contributed by atoms with van der Waals surface area (Å²) in [4.78, 5) is 23.6. The number of hydrogen-bond acceptors (Lipinski definition) is 2. The normalized spacial score (nSPS) is 13.2. The Morgan fingerprint density at radius 2 is 1.79 bits per heavy atom. The molecule has 0 saturated heterocycles. The van der Waals surface area contributed by atoms with E-state index in [1.54, 1.807) is 6.92 Å². The van der Waals surface area contributed by atoms with Crippen molar-refractivity contribution in [2.24, 2.45) is 5.73 Å². The highest BCUT2D eigenvalue weighted by molar-refractivity contribution is 5.85. The summed E-state index contributed by atoms with van der Waals surface area (Å²) >= 11 is 0. The molecule has 0 spiro atoms. The molecule has 5 heteroatoms. The third-order valence-electron chi connectivity index (χ3n) is 1.79. The van der Waals surface area contributed by atoms with Crippen LogP contribution in [0.1, 0.15) is 27.7 Å². The quantitative estimate of drug-likeness (QED) is 0.674. The molecule has 0 fully saturated rings. The van der Waals surface area contributed by atoms with E-state index >= 15 is 0 Å². The van der Waals surface area contributed by atoms with Crippen LogP contribution in [0.15, 0.2) is 0 Å². The van der Waals surface area contributed by atoms with Crippen molar-refractivity contribution in [3.8, 4) is 0 Å². The molecule has 0 rings (SSSR count). The van der Waals surface area contributed by atoms with E-state index in [0.717, 1.165) is 0 Å². The van der Waals surface area contributed by atoms with Crippen molar-refractivity contribution >= 4 is 11.9 Å². The first-order chi connectivity index (χ1) is 6.15. The number of carbonyl (C=O) groups is 2. The van der Waals surface area contributed by atoms with Gasteiger partial charge in [0.2, 0.25) is 5.91 Å². The van der Waals surface area contributed by atoms with Crippen LogP contribution in [0.4, 0.5) is 4.79 Å². The number of carbonyl (C=O) groups excluding carboxylic acids is 2. The van der Waals surface area contributed by atoms with Crippen LogP contribution in [0, 0.1) is 0 Å². The second kappa shape index (κ2) is 4.30. The van der Waals surface area contributed by atoms with Crippen LogP contribution in [-0.2, 0) is 4.79 Å². The van der Waals surface area contributed by atoms with Gasteiger partial charge in [-0.3, -0.25) is 4.79 Å². The Hall–Kier alpha value is -1.26. The van der Waals surface area contributed by atoms with E-state index in [0.29, 0.717) is 0 Å². The van der Waals surface area contributed by atoms with Gasteiger partial charge in [0.05, 0.1) is 0 Å². The van der Waals surface area contributed by atoms with E-state index in [1.807, 2.05) is 20.8 Å². The highest BCUT2D eigenvalue weighted by Crippen LogP contribution is 2.02. The van der Waals surface area contributed by atoms with Crippen LogP contribution >= 0.6 is 0 Å². The van der Waals surface area contributed by atoms with Crippen molar-refractivity contribution in [3.05, 3.63) is 0 Å². The number of nitrogens with two attached hydrogens (primary N) is 1. The van der Waals surface area contributed by atoms with Gasteiger partial charge in [-0.05, 0) is 27.7 Å². The topological polar surface area (TPSA) is 75.4 Å². The molecule has 3 amide bonds. The largest absolute Gasteiger partial charge is 0.368 e. The van der Waals surface area contributed by atoms with Crippen LogP contribution in [0.5, 0.6) is 0 Å². The molecule has 0 saturated carbocycles. The number of nitrogens with one attached hydrogen (secondary N) is 1. The summed E-state index contributed by atoms with van der Waals surface area (Å²) in [7, 11) is 1.54. The molecule has 0 aromatic carbocycles. The van der Waals surface area contributed by atoms with Gasteiger partial charge in [-0.2, -0.15) is 0 Å². The molecule has 82 valence electrons. The summed E-state index contributed by atoms with van der Waals surface area (Å²) in [6, 6.07) is -0.902. The molecule has 0 aliphatic carbocycles. The monoisotopic (exact) mass is 201 g/mol. The molecular weight excluding hydrogens is 182 g/mol. The maximum absolute atomic E-state index is 11.5. The molecule has 1 atom stereocenters. The molecular formula is C9H19N3O2. The Labute approximate surface area is 84.6 Å². The Morgan fingerprint density at radius 1 is 1.36 bits per heavy atom. The van der Waals surface area contributed by atoms with Crippen molar-refractivity contribution in [2.45, 2.75) is 39.3 Å². The van der Waals surface area contributed by atoms with Crippen LogP contribution in [0.25, 0.3) is 0 Å². The lowest BCUT2D eigenvalue weighted by atomic mass is 10.1. The Morgan fingerprint density at radius 3 is 2.07 bits per heavy atom. The molecule has 0 aromatic heterocycles. The van der Waals surface area contributed by atoms with E-state index in [-0.39, 0.29) is 11.6 Å². The lowest BCUT2D eigenvalue weighted by molar-refractivity contribution is -0.121. The third kappa shape index (κ3) is 4.11. The summed E-state index contributed by atoms with van der Waals surface area (Å²) in [5.74, 6) is -0.517. The number of rotatable bonds is 2. The highest BCUT2D eigenvalue weighted by Gasteiger charge is 2.23. The van der Waals surface area contributed by atoms with Gasteiger partial charge in [-0.1, -0.05) is 0 Å². The number of nitrogens with zero attached hydrogens (tertiary/aromatic N) is 1. The molecule has 0 bridgehead atoms. The average molecular weight is 201 g/mol. The van der Waals surface area contributed by atoms with E-state index in [4.69, 9.17) is 5.73 Å². The maximum atomic E-state index is 11.5. The second-order valence-electron chi connectivity index (χ2n) is 4.37. The van der Waals surface area contributed by atoms with E-state index in [1.165, 1.54) is 11.9 Å². The Bertz CT molecular complexity index is 233. The zero-order chi connectivity index (χ0) is 11.5. The van der Waals surface area contributed by atoms with Crippen molar-refractivity contribution in [2.75, 3.05) is 7.05 Å². The number of urea groups is 1. The minimum atomic E-state index is -0.600. The first kappa shape index (κ1) is 12.7. The molecule has 0 aromatic rings. The first-order valence-electron chi connectivity index (χ1n) is 4.49. The summed E-state index contributed by atoms with van der Waals surface area (Å²) in [6.45, 7) is 7.19. The maximum Gasteiger partial charge on any atom is 0.318 e. The molecule has 0 unspecified atom stereocenters. The van der Waals surface area contributed by atoms with Crippen molar-refractivity contribution in [1.82, 2.24) is 10.2 Å². The zero-order valence-corrected chi connectivity index (χ0v) is 9.42. The average Bonchev–Trinajstić information content (AvgIpc) is 1.98. The number of hydrogen-bond donors (Lipinski definition) is 2. The summed E-state index contributed by atoms with van der Waals surface area (Å²) in [5, 5.41) is 2.73. The van der Waals surface area contributed by atoms with Gasteiger partial charge in [0.25, 0.3) is 0 Å². The minimum Gasteiger partial charge on any atom is -0.368 e. The Balaban J connectivity index is 4.33. The SMILES string of the molecule is C[C@@H](C(N)=O)N(C)C(=O)NC(C)(C)C. The molecule has 14 heavy (non-hydrogen) atoms. The van der Waals surface area contributed by atoms with Crippen molar-refractivity contribution < 1.29 is 9.59 Å². The predicted molar refractivity (Wildman–Crippen MR) is 54.7 cm³/mol. The predicted octanol–water partition coefficient (Wildman–Crippen LogP) is 0.300. The van der Waals surface area contributed by atoms with Gasteiger partial charge in [0.15, 0.2) is 0 Å². The van der Waals surface area contributed by atoms with Crippen molar-refractivity contribution in [3.63, 3.8) is 0 Å². The standard InChI is InChI=1S/C9H19N3O2/c1-6(7(10)13)12(5)8(14)11-9(2,3)4/h6H,1-5H3,(H2,10,13)(H,11,14)/t6-/m0/s1. The zero-order valence-electron chi connectivity index (χ0n) is 9.42. The first-order valence-corrected chi connectivity index (χ1v) is 4.49. The lowest BCUT2D eigenvalue weighted by Crippen LogP contribution is -2.52. The van der Waals surface area contributed by atoms with Gasteiger partial charge in [-0.25, -0.2) is 4.79 Å². The molecule has 0 radical (unpaired) electrons. The molecule has 0 heterocycles. The fraction of sp³-hybridized carbons (Fsp3) is 0.778. The molecule has 0 aliphatic heterocycles. The van der Waals surface area contributed by atoms with Crippen LogP contribution in [0.3, 0.4) is 0 Å². The lowest BCUT2D eigenvalue weighted by Gasteiger charge is -2.28. The number of amides is 3. The fourth-order valence-electron chi connectivity index (χ4n) is 0.776. The van der Waals surface area contributed by atoms with Gasteiger partial charge >= 0.3 is 6.03 Å². The third-order valence-corrected chi connectivity index (χ3v) is 1.79. The van der Waals surface area contributed by atoms with Crippen LogP contribution < -0.4 is 11.1 Å². The molecule has 0 aliphatic rings. The molecule has 3 N–H and O–H groups in total. The summed E-state index contributed by atoms with van der Waals surface area (Å²) in [5.41, 5.74) is 4.76. The van der Waals surface area contributed by atoms with Gasteiger partial charge in [0.1, 0.15) is 6.04 Å². The van der Waals surface area contributed by atoms with Crippen LogP contribution in [-0.4, -0.2) is 35.5 Å². The summed E-state index contributed by atoms with van der Waals surface area (Å²) < 4.78 is 0. The van der Waals surface area contributed by atoms with E-state index in [2.05, 4.69) is 5.32 Å². The van der Waals surface area contributed by atoms with Crippen LogP contribution in [0.2, 0.25) is 0 Å². The Kier molecular flexibility index (Phi) is 3.92. The second-order valence-corrected chi connectivity index (χ2v) is 4.37. The fourth-order valence-corrected chi connectivity index (χ4v) is 0.776. The minimum absolute atomic E-state index is 0.302. The number of primary amides is 1. The van der Waals surface area contributed by atoms with Gasteiger partial charge in [-0.15, -0.1) is 0 Å². The number of likely N-dealkylation sites (N-methyl/N-ethyl adjacent to an activating group) is 1. The van der Waals surface area contributed by atoms with Gasteiger partial charge in [0, 0.05) is 12.6 Å². The van der Waals surface area contributed by atoms with E-state index in [9.17, 15) is 9.59 Å².